The van der Waals surface area contributed by atoms with Gasteiger partial charge < -0.3 is 5.11 Å². The maximum absolute atomic E-state index is 11.3. The number of rotatable bonds is 2. The highest BCUT2D eigenvalue weighted by Gasteiger charge is 2.14. The zero-order chi connectivity index (χ0) is 14.2. The highest BCUT2D eigenvalue weighted by atomic mass is 35.5. The van der Waals surface area contributed by atoms with Crippen molar-refractivity contribution in [2.24, 2.45) is 0 Å². The van der Waals surface area contributed by atoms with Gasteiger partial charge in [0.2, 0.25) is 0 Å². The van der Waals surface area contributed by atoms with Crippen molar-refractivity contribution >= 4 is 17.6 Å². The molecule has 3 heteroatoms. The molecule has 2 aromatic carbocycles. The summed E-state index contributed by atoms with van der Waals surface area (Å²) in [6.45, 7) is 6.04. The molecule has 0 saturated heterocycles. The van der Waals surface area contributed by atoms with Gasteiger partial charge >= 0.3 is 5.97 Å². The van der Waals surface area contributed by atoms with Gasteiger partial charge in [0, 0.05) is 5.02 Å². The van der Waals surface area contributed by atoms with Crippen molar-refractivity contribution in [2.45, 2.75) is 20.8 Å². The normalized spacial score (nSPS) is 10.5. The fourth-order valence-electron chi connectivity index (χ4n) is 2.18. The first kappa shape index (κ1) is 13.6. The lowest BCUT2D eigenvalue weighted by Crippen LogP contribution is -2.01. The zero-order valence-corrected chi connectivity index (χ0v) is 11.9. The molecule has 0 saturated carbocycles. The lowest BCUT2D eigenvalue weighted by molar-refractivity contribution is 0.0698. The van der Waals surface area contributed by atoms with Gasteiger partial charge in [-0.25, -0.2) is 4.79 Å². The minimum Gasteiger partial charge on any atom is -0.478 e. The Labute approximate surface area is 117 Å². The molecule has 2 aromatic rings. The van der Waals surface area contributed by atoms with E-state index < -0.39 is 5.97 Å². The van der Waals surface area contributed by atoms with Crippen molar-refractivity contribution in [2.75, 3.05) is 0 Å². The second-order valence-electron chi connectivity index (χ2n) is 4.75. The van der Waals surface area contributed by atoms with E-state index in [2.05, 4.69) is 6.07 Å². The summed E-state index contributed by atoms with van der Waals surface area (Å²) >= 11 is 6.00. The van der Waals surface area contributed by atoms with E-state index in [1.807, 2.05) is 26.8 Å². The van der Waals surface area contributed by atoms with Gasteiger partial charge in [-0.1, -0.05) is 23.7 Å². The Hall–Kier alpha value is -1.80. The van der Waals surface area contributed by atoms with E-state index in [-0.39, 0.29) is 5.56 Å². The molecule has 19 heavy (non-hydrogen) atoms. The van der Waals surface area contributed by atoms with E-state index in [4.69, 9.17) is 11.6 Å². The van der Waals surface area contributed by atoms with Crippen molar-refractivity contribution in [3.63, 3.8) is 0 Å². The highest BCUT2D eigenvalue weighted by Crippen LogP contribution is 2.31. The van der Waals surface area contributed by atoms with E-state index in [1.165, 1.54) is 5.56 Å². The summed E-state index contributed by atoms with van der Waals surface area (Å²) < 4.78 is 0. The fraction of sp³-hybridized carbons (Fsp3) is 0.188. The Balaban J connectivity index is 2.74. The van der Waals surface area contributed by atoms with E-state index in [1.54, 1.807) is 18.2 Å². The maximum atomic E-state index is 11.3. The summed E-state index contributed by atoms with van der Waals surface area (Å²) in [4.78, 5) is 11.3. The minimum absolute atomic E-state index is 0.274. The first-order valence-corrected chi connectivity index (χ1v) is 6.39. The number of aromatic carboxylic acids is 1. The van der Waals surface area contributed by atoms with Crippen LogP contribution in [0.15, 0.2) is 30.3 Å². The zero-order valence-electron chi connectivity index (χ0n) is 11.1. The molecule has 0 bridgehead atoms. The highest BCUT2D eigenvalue weighted by molar-refractivity contribution is 6.31. The van der Waals surface area contributed by atoms with E-state index in [0.29, 0.717) is 10.6 Å². The summed E-state index contributed by atoms with van der Waals surface area (Å²) in [5, 5.41) is 9.83. The third kappa shape index (κ3) is 2.64. The first-order chi connectivity index (χ1) is 8.90. The van der Waals surface area contributed by atoms with Gasteiger partial charge in [0.1, 0.15) is 0 Å². The summed E-state index contributed by atoms with van der Waals surface area (Å²) in [7, 11) is 0. The monoisotopic (exact) mass is 274 g/mol. The van der Waals surface area contributed by atoms with Crippen LogP contribution in [0.2, 0.25) is 5.02 Å². The van der Waals surface area contributed by atoms with Crippen LogP contribution in [0.5, 0.6) is 0 Å². The molecule has 0 amide bonds. The van der Waals surface area contributed by atoms with Crippen LogP contribution in [0, 0.1) is 20.8 Å². The summed E-state index contributed by atoms with van der Waals surface area (Å²) in [6.07, 6.45) is 0. The molecule has 0 unspecified atom stereocenters. The van der Waals surface area contributed by atoms with Gasteiger partial charge in [-0.2, -0.15) is 0 Å². The Kier molecular flexibility index (Phi) is 3.63. The average molecular weight is 275 g/mol. The van der Waals surface area contributed by atoms with Crippen molar-refractivity contribution < 1.29 is 9.90 Å². The molecular weight excluding hydrogens is 260 g/mol. The van der Waals surface area contributed by atoms with Crippen LogP contribution in [0.4, 0.5) is 0 Å². The molecule has 0 spiro atoms. The van der Waals surface area contributed by atoms with Crippen LogP contribution in [0.1, 0.15) is 27.0 Å². The SMILES string of the molecule is Cc1cc(C)c(-c2cc(Cl)ccc2C(=O)O)cc1C. The lowest BCUT2D eigenvalue weighted by atomic mass is 9.92. The van der Waals surface area contributed by atoms with Crippen molar-refractivity contribution in [1.82, 2.24) is 0 Å². The Bertz CT molecular complexity index is 660. The van der Waals surface area contributed by atoms with Crippen molar-refractivity contribution in [3.05, 3.63) is 57.6 Å². The van der Waals surface area contributed by atoms with Crippen LogP contribution >= 0.6 is 11.6 Å². The van der Waals surface area contributed by atoms with Crippen molar-refractivity contribution in [1.29, 1.82) is 0 Å². The number of halogens is 1. The molecule has 0 atom stereocenters. The van der Waals surface area contributed by atoms with Gasteiger partial charge in [0.05, 0.1) is 5.56 Å². The average Bonchev–Trinajstić information content (AvgIpc) is 2.33. The van der Waals surface area contributed by atoms with Crippen LogP contribution < -0.4 is 0 Å². The summed E-state index contributed by atoms with van der Waals surface area (Å²) in [5.74, 6) is -0.940. The topological polar surface area (TPSA) is 37.3 Å². The predicted octanol–water partition coefficient (Wildman–Crippen LogP) is 4.63. The standard InChI is InChI=1S/C16H15ClO2/c1-9-6-11(3)14(7-10(9)2)15-8-12(17)4-5-13(15)16(18)19/h4-8H,1-3H3,(H,18,19). The van der Waals surface area contributed by atoms with E-state index in [0.717, 1.165) is 16.7 Å². The molecule has 0 aliphatic rings. The van der Waals surface area contributed by atoms with E-state index in [9.17, 15) is 9.90 Å². The largest absolute Gasteiger partial charge is 0.478 e. The summed E-state index contributed by atoms with van der Waals surface area (Å²) in [5.41, 5.74) is 5.24. The minimum atomic E-state index is -0.940. The Morgan fingerprint density at radius 2 is 1.58 bits per heavy atom. The quantitative estimate of drug-likeness (QED) is 0.867. The number of carbonyl (C=O) groups is 1. The van der Waals surface area contributed by atoms with Gasteiger partial charge in [-0.05, 0) is 66.8 Å². The second kappa shape index (κ2) is 5.06. The van der Waals surface area contributed by atoms with E-state index >= 15 is 0 Å². The van der Waals surface area contributed by atoms with Gasteiger partial charge in [-0.3, -0.25) is 0 Å². The molecule has 0 aliphatic carbocycles. The van der Waals surface area contributed by atoms with Crippen LogP contribution in [0.3, 0.4) is 0 Å². The number of carboxylic acids is 1. The molecule has 0 aliphatic heterocycles. The summed E-state index contributed by atoms with van der Waals surface area (Å²) in [6, 6.07) is 8.95. The Morgan fingerprint density at radius 3 is 2.21 bits per heavy atom. The predicted molar refractivity (Wildman–Crippen MR) is 78.1 cm³/mol. The molecule has 2 rings (SSSR count). The molecule has 0 aromatic heterocycles. The Morgan fingerprint density at radius 1 is 0.947 bits per heavy atom. The molecular formula is C16H15ClO2. The molecule has 0 fully saturated rings. The fourth-order valence-corrected chi connectivity index (χ4v) is 2.35. The molecule has 98 valence electrons. The number of hydrogen-bond donors (Lipinski definition) is 1. The van der Waals surface area contributed by atoms with Crippen molar-refractivity contribution in [3.8, 4) is 11.1 Å². The van der Waals surface area contributed by atoms with Gasteiger partial charge in [-0.15, -0.1) is 0 Å². The molecule has 2 nitrogen and oxygen atoms in total. The van der Waals surface area contributed by atoms with Gasteiger partial charge in [0.15, 0.2) is 0 Å². The molecule has 0 heterocycles. The number of carboxylic acid groups (broad SMARTS) is 1. The van der Waals surface area contributed by atoms with Crippen LogP contribution in [-0.4, -0.2) is 11.1 Å². The van der Waals surface area contributed by atoms with Crippen LogP contribution in [0.25, 0.3) is 11.1 Å². The third-order valence-corrected chi connectivity index (χ3v) is 3.58. The smallest absolute Gasteiger partial charge is 0.336 e. The van der Waals surface area contributed by atoms with Crippen LogP contribution in [-0.2, 0) is 0 Å². The number of hydrogen-bond acceptors (Lipinski definition) is 1. The number of aryl methyl sites for hydroxylation is 3. The van der Waals surface area contributed by atoms with Gasteiger partial charge in [0.25, 0.3) is 0 Å². The lowest BCUT2D eigenvalue weighted by Gasteiger charge is -2.13. The number of benzene rings is 2. The second-order valence-corrected chi connectivity index (χ2v) is 5.18. The maximum Gasteiger partial charge on any atom is 0.336 e. The molecule has 0 radical (unpaired) electrons. The first-order valence-electron chi connectivity index (χ1n) is 6.01. The third-order valence-electron chi connectivity index (χ3n) is 3.34. The molecule has 1 N–H and O–H groups in total.